The molecule has 0 radical (unpaired) electrons. The number of Topliss-reactive ketones (excluding diaryl/α,β-unsaturated/α-hetero) is 1. The lowest BCUT2D eigenvalue weighted by molar-refractivity contribution is -0.116. The van der Waals surface area contributed by atoms with Crippen LogP contribution in [0.25, 0.3) is 0 Å². The van der Waals surface area contributed by atoms with Crippen molar-refractivity contribution in [1.29, 1.82) is 0 Å². The summed E-state index contributed by atoms with van der Waals surface area (Å²) < 4.78 is 0. The number of rotatable bonds is 2. The average molecular weight is 199 g/mol. The van der Waals surface area contributed by atoms with Crippen LogP contribution in [0.2, 0.25) is 5.02 Å². The summed E-state index contributed by atoms with van der Waals surface area (Å²) in [6.07, 6.45) is 0.272. The van der Waals surface area contributed by atoms with E-state index in [9.17, 15) is 9.90 Å². The van der Waals surface area contributed by atoms with Crippen LogP contribution in [0.4, 0.5) is 0 Å². The highest BCUT2D eigenvalue weighted by molar-refractivity contribution is 6.33. The molecule has 0 unspecified atom stereocenters. The maximum atomic E-state index is 10.8. The highest BCUT2D eigenvalue weighted by Crippen LogP contribution is 2.28. The summed E-state index contributed by atoms with van der Waals surface area (Å²) in [4.78, 5) is 10.8. The molecule has 0 bridgehead atoms. The molecular weight excluding hydrogens is 188 g/mol. The van der Waals surface area contributed by atoms with Gasteiger partial charge in [-0.25, -0.2) is 0 Å². The van der Waals surface area contributed by atoms with E-state index in [-0.39, 0.29) is 23.0 Å². The van der Waals surface area contributed by atoms with Gasteiger partial charge in [-0.15, -0.1) is 0 Å². The predicted molar refractivity (Wildman–Crippen MR) is 52.2 cm³/mol. The number of ketones is 1. The second-order valence-corrected chi connectivity index (χ2v) is 3.51. The van der Waals surface area contributed by atoms with E-state index >= 15 is 0 Å². The normalized spacial score (nSPS) is 10.1. The van der Waals surface area contributed by atoms with Gasteiger partial charge in [0.2, 0.25) is 0 Å². The number of carbonyl (C=O) groups excluding carboxylic acids is 1. The largest absolute Gasteiger partial charge is 0.506 e. The molecule has 0 aromatic heterocycles. The van der Waals surface area contributed by atoms with E-state index < -0.39 is 0 Å². The lowest BCUT2D eigenvalue weighted by Crippen LogP contribution is -1.97. The van der Waals surface area contributed by atoms with Gasteiger partial charge >= 0.3 is 0 Å². The van der Waals surface area contributed by atoms with Crippen molar-refractivity contribution in [2.45, 2.75) is 20.3 Å². The second-order valence-electron chi connectivity index (χ2n) is 3.14. The standard InChI is InChI=1S/C10H11ClO2/c1-6-3-8(5-7(2)12)10(11)9(13)4-6/h3-4,13H,5H2,1-2H3. The molecule has 0 saturated carbocycles. The third-order valence-electron chi connectivity index (χ3n) is 1.71. The first-order valence-electron chi connectivity index (χ1n) is 3.98. The summed E-state index contributed by atoms with van der Waals surface area (Å²) in [6.45, 7) is 3.34. The van der Waals surface area contributed by atoms with Crippen LogP contribution in [0.3, 0.4) is 0 Å². The molecule has 3 heteroatoms. The molecule has 1 N–H and O–H groups in total. The molecule has 0 aliphatic rings. The minimum Gasteiger partial charge on any atom is -0.506 e. The van der Waals surface area contributed by atoms with E-state index in [1.807, 2.05) is 13.0 Å². The maximum absolute atomic E-state index is 10.8. The summed E-state index contributed by atoms with van der Waals surface area (Å²) in [5.41, 5.74) is 1.59. The van der Waals surface area contributed by atoms with Gasteiger partial charge in [-0.3, -0.25) is 4.79 Å². The first-order chi connectivity index (χ1) is 6.00. The second kappa shape index (κ2) is 3.79. The van der Waals surface area contributed by atoms with Gasteiger partial charge in [-0.1, -0.05) is 17.7 Å². The van der Waals surface area contributed by atoms with Crippen molar-refractivity contribution in [3.8, 4) is 5.75 Å². The van der Waals surface area contributed by atoms with Crippen LogP contribution >= 0.6 is 11.6 Å². The van der Waals surface area contributed by atoms with Crippen molar-refractivity contribution in [3.63, 3.8) is 0 Å². The Morgan fingerprint density at radius 2 is 2.15 bits per heavy atom. The molecule has 1 aromatic rings. The van der Waals surface area contributed by atoms with Crippen LogP contribution in [0.15, 0.2) is 12.1 Å². The van der Waals surface area contributed by atoms with Crippen LogP contribution in [0, 0.1) is 6.92 Å². The fourth-order valence-electron chi connectivity index (χ4n) is 1.22. The van der Waals surface area contributed by atoms with E-state index in [2.05, 4.69) is 0 Å². The van der Waals surface area contributed by atoms with Crippen LogP contribution in [0.1, 0.15) is 18.1 Å². The maximum Gasteiger partial charge on any atom is 0.134 e. The van der Waals surface area contributed by atoms with Gasteiger partial charge in [0.15, 0.2) is 0 Å². The number of benzene rings is 1. The Hall–Kier alpha value is -1.02. The highest BCUT2D eigenvalue weighted by Gasteiger charge is 2.08. The molecule has 13 heavy (non-hydrogen) atoms. The molecule has 0 heterocycles. The number of carbonyl (C=O) groups is 1. The molecule has 0 spiro atoms. The Morgan fingerprint density at radius 1 is 1.54 bits per heavy atom. The fraction of sp³-hybridized carbons (Fsp3) is 0.300. The highest BCUT2D eigenvalue weighted by atomic mass is 35.5. The molecule has 0 atom stereocenters. The average Bonchev–Trinajstić information content (AvgIpc) is 1.98. The van der Waals surface area contributed by atoms with Gasteiger partial charge < -0.3 is 5.11 Å². The monoisotopic (exact) mass is 198 g/mol. The van der Waals surface area contributed by atoms with Crippen molar-refractivity contribution in [3.05, 3.63) is 28.3 Å². The fourth-order valence-corrected chi connectivity index (χ4v) is 1.40. The van der Waals surface area contributed by atoms with E-state index in [1.54, 1.807) is 6.07 Å². The van der Waals surface area contributed by atoms with Crippen LogP contribution in [-0.4, -0.2) is 10.9 Å². The molecular formula is C10H11ClO2. The number of hydrogen-bond acceptors (Lipinski definition) is 2. The Labute approximate surface area is 82.2 Å². The Morgan fingerprint density at radius 3 is 2.69 bits per heavy atom. The quantitative estimate of drug-likeness (QED) is 0.793. The lowest BCUT2D eigenvalue weighted by Gasteiger charge is -2.05. The molecule has 2 nitrogen and oxygen atoms in total. The molecule has 0 aliphatic heterocycles. The van der Waals surface area contributed by atoms with Crippen molar-refractivity contribution in [2.75, 3.05) is 0 Å². The van der Waals surface area contributed by atoms with Crippen molar-refractivity contribution in [2.24, 2.45) is 0 Å². The molecule has 0 fully saturated rings. The SMILES string of the molecule is CC(=O)Cc1cc(C)cc(O)c1Cl. The van der Waals surface area contributed by atoms with Gasteiger partial charge in [0.25, 0.3) is 0 Å². The summed E-state index contributed by atoms with van der Waals surface area (Å²) in [5.74, 6) is 0.0739. The Bertz CT molecular complexity index is 345. The number of aryl methyl sites for hydroxylation is 1. The van der Waals surface area contributed by atoms with Crippen molar-refractivity contribution < 1.29 is 9.90 Å². The number of halogens is 1. The minimum absolute atomic E-state index is 0.0342. The predicted octanol–water partition coefficient (Wildman–Crippen LogP) is 2.49. The Kier molecular flexibility index (Phi) is 2.94. The smallest absolute Gasteiger partial charge is 0.134 e. The molecule has 0 amide bonds. The minimum atomic E-state index is 0.0342. The van der Waals surface area contributed by atoms with Gasteiger partial charge in [-0.2, -0.15) is 0 Å². The Balaban J connectivity index is 3.12. The number of phenolic OH excluding ortho intramolecular Hbond substituents is 1. The van der Waals surface area contributed by atoms with Crippen LogP contribution in [0.5, 0.6) is 5.75 Å². The van der Waals surface area contributed by atoms with E-state index in [0.717, 1.165) is 5.56 Å². The van der Waals surface area contributed by atoms with Gasteiger partial charge in [0.1, 0.15) is 11.5 Å². The molecule has 0 aliphatic carbocycles. The summed E-state index contributed by atoms with van der Waals surface area (Å²) in [5, 5.41) is 9.63. The van der Waals surface area contributed by atoms with Crippen molar-refractivity contribution in [1.82, 2.24) is 0 Å². The molecule has 70 valence electrons. The van der Waals surface area contributed by atoms with Gasteiger partial charge in [0.05, 0.1) is 5.02 Å². The zero-order valence-corrected chi connectivity index (χ0v) is 8.35. The van der Waals surface area contributed by atoms with E-state index in [0.29, 0.717) is 5.56 Å². The molecule has 1 aromatic carbocycles. The third kappa shape index (κ3) is 2.46. The molecule has 1 rings (SSSR count). The van der Waals surface area contributed by atoms with Gasteiger partial charge in [0, 0.05) is 6.42 Å². The van der Waals surface area contributed by atoms with E-state index in [4.69, 9.17) is 11.6 Å². The van der Waals surface area contributed by atoms with E-state index in [1.165, 1.54) is 6.92 Å². The first kappa shape index (κ1) is 10.1. The molecule has 0 saturated heterocycles. The number of hydrogen-bond donors (Lipinski definition) is 1. The van der Waals surface area contributed by atoms with Crippen molar-refractivity contribution >= 4 is 17.4 Å². The topological polar surface area (TPSA) is 37.3 Å². The van der Waals surface area contributed by atoms with Gasteiger partial charge in [-0.05, 0) is 31.0 Å². The summed E-state index contributed by atoms with van der Waals surface area (Å²) in [7, 11) is 0. The summed E-state index contributed by atoms with van der Waals surface area (Å²) >= 11 is 5.81. The van der Waals surface area contributed by atoms with Crippen LogP contribution < -0.4 is 0 Å². The van der Waals surface area contributed by atoms with Crippen LogP contribution in [-0.2, 0) is 11.2 Å². The lowest BCUT2D eigenvalue weighted by atomic mass is 10.1. The summed E-state index contributed by atoms with van der Waals surface area (Å²) in [6, 6.07) is 3.38. The zero-order valence-electron chi connectivity index (χ0n) is 7.60. The number of aromatic hydroxyl groups is 1. The number of phenols is 1. The third-order valence-corrected chi connectivity index (χ3v) is 2.15. The zero-order chi connectivity index (χ0) is 10.0. The first-order valence-corrected chi connectivity index (χ1v) is 4.36.